The van der Waals surface area contributed by atoms with Crippen molar-refractivity contribution in [1.82, 2.24) is 0 Å². The van der Waals surface area contributed by atoms with E-state index in [2.05, 4.69) is 0 Å². The molecular formula is C11H12ClNO4. The molecule has 1 amide bonds. The summed E-state index contributed by atoms with van der Waals surface area (Å²) in [6.07, 6.45) is -0.915. The van der Waals surface area contributed by atoms with E-state index in [1.807, 2.05) is 0 Å². The van der Waals surface area contributed by atoms with Gasteiger partial charge in [0.1, 0.15) is 0 Å². The van der Waals surface area contributed by atoms with E-state index in [0.717, 1.165) is 0 Å². The van der Waals surface area contributed by atoms with Gasteiger partial charge in [0, 0.05) is 10.6 Å². The highest BCUT2D eigenvalue weighted by molar-refractivity contribution is 6.31. The Morgan fingerprint density at radius 2 is 2.18 bits per heavy atom. The number of ether oxygens (including phenoxy) is 1. The number of carbonyl (C=O) groups is 2. The van der Waals surface area contributed by atoms with Gasteiger partial charge in [0.25, 0.3) is 0 Å². The lowest BCUT2D eigenvalue weighted by atomic mass is 10.1. The van der Waals surface area contributed by atoms with Crippen LogP contribution < -0.4 is 5.73 Å². The predicted molar refractivity (Wildman–Crippen MR) is 61.9 cm³/mol. The Kier molecular flexibility index (Phi) is 4.48. The molecule has 92 valence electrons. The van der Waals surface area contributed by atoms with Crippen molar-refractivity contribution in [2.45, 2.75) is 19.6 Å². The second-order valence-electron chi connectivity index (χ2n) is 3.46. The highest BCUT2D eigenvalue weighted by Crippen LogP contribution is 2.19. The third kappa shape index (κ3) is 3.72. The molecule has 6 heteroatoms. The molecule has 1 aromatic rings. The molecule has 17 heavy (non-hydrogen) atoms. The van der Waals surface area contributed by atoms with E-state index in [9.17, 15) is 9.59 Å². The van der Waals surface area contributed by atoms with Crippen LogP contribution in [0.5, 0.6) is 0 Å². The zero-order valence-corrected chi connectivity index (χ0v) is 9.90. The standard InChI is InChI=1S/C11H12ClNO4/c1-6(11(15)16)17-5-8-3-2-7(10(13)14)4-9(8)12/h2-4,6H,5H2,1H3,(H2,13,14)(H,15,16)/t6-/m0/s1. The Labute approximate surface area is 103 Å². The SMILES string of the molecule is C[C@H](OCc1ccc(C(N)=O)cc1Cl)C(=O)O. The molecule has 0 aromatic heterocycles. The van der Waals surface area contributed by atoms with E-state index < -0.39 is 18.0 Å². The second-order valence-corrected chi connectivity index (χ2v) is 3.87. The van der Waals surface area contributed by atoms with Gasteiger partial charge in [-0.3, -0.25) is 4.79 Å². The van der Waals surface area contributed by atoms with Crippen molar-refractivity contribution in [3.05, 3.63) is 34.3 Å². The maximum atomic E-state index is 10.9. The number of benzene rings is 1. The molecule has 1 rings (SSSR count). The Balaban J connectivity index is 2.73. The molecule has 0 fully saturated rings. The van der Waals surface area contributed by atoms with Crippen LogP contribution in [0.3, 0.4) is 0 Å². The lowest BCUT2D eigenvalue weighted by Crippen LogP contribution is -2.19. The fraction of sp³-hybridized carbons (Fsp3) is 0.273. The number of hydrogen-bond donors (Lipinski definition) is 2. The fourth-order valence-corrected chi connectivity index (χ4v) is 1.34. The van der Waals surface area contributed by atoms with Crippen molar-refractivity contribution in [2.24, 2.45) is 5.73 Å². The van der Waals surface area contributed by atoms with E-state index in [1.54, 1.807) is 6.07 Å². The van der Waals surface area contributed by atoms with Crippen LogP contribution in [0.2, 0.25) is 5.02 Å². The van der Waals surface area contributed by atoms with Crippen molar-refractivity contribution < 1.29 is 19.4 Å². The summed E-state index contributed by atoms with van der Waals surface area (Å²) in [5, 5.41) is 8.95. The van der Waals surface area contributed by atoms with Gasteiger partial charge in [-0.25, -0.2) is 4.79 Å². The van der Waals surface area contributed by atoms with Gasteiger partial charge < -0.3 is 15.6 Å². The van der Waals surface area contributed by atoms with Crippen molar-refractivity contribution in [3.8, 4) is 0 Å². The number of carbonyl (C=O) groups excluding carboxylic acids is 1. The number of halogens is 1. The van der Waals surface area contributed by atoms with Gasteiger partial charge in [-0.05, 0) is 24.6 Å². The maximum Gasteiger partial charge on any atom is 0.332 e. The molecule has 0 aliphatic rings. The zero-order chi connectivity index (χ0) is 13.0. The number of aliphatic carboxylic acids is 1. The topological polar surface area (TPSA) is 89.6 Å². The molecule has 0 spiro atoms. The van der Waals surface area contributed by atoms with E-state index in [1.165, 1.54) is 19.1 Å². The monoisotopic (exact) mass is 257 g/mol. The molecule has 0 aliphatic carbocycles. The average molecular weight is 258 g/mol. The summed E-state index contributed by atoms with van der Waals surface area (Å²) >= 11 is 5.90. The number of amides is 1. The third-order valence-electron chi connectivity index (χ3n) is 2.17. The predicted octanol–water partition coefficient (Wildman–Crippen LogP) is 1.43. The van der Waals surface area contributed by atoms with Crippen LogP contribution in [-0.2, 0) is 16.1 Å². The molecule has 1 aromatic carbocycles. The van der Waals surface area contributed by atoms with Crippen LogP contribution in [0.4, 0.5) is 0 Å². The largest absolute Gasteiger partial charge is 0.479 e. The van der Waals surface area contributed by atoms with Crippen LogP contribution in [-0.4, -0.2) is 23.1 Å². The highest BCUT2D eigenvalue weighted by atomic mass is 35.5. The van der Waals surface area contributed by atoms with Crippen molar-refractivity contribution in [1.29, 1.82) is 0 Å². The Hall–Kier alpha value is -1.59. The summed E-state index contributed by atoms with van der Waals surface area (Å²) in [7, 11) is 0. The summed E-state index contributed by atoms with van der Waals surface area (Å²) in [5.41, 5.74) is 5.99. The van der Waals surface area contributed by atoms with Gasteiger partial charge >= 0.3 is 5.97 Å². The minimum Gasteiger partial charge on any atom is -0.479 e. The number of carboxylic acids is 1. The molecule has 0 saturated heterocycles. The van der Waals surface area contributed by atoms with Crippen LogP contribution >= 0.6 is 11.6 Å². The van der Waals surface area contributed by atoms with E-state index in [0.29, 0.717) is 16.1 Å². The number of rotatable bonds is 5. The molecule has 1 atom stereocenters. The molecule has 0 aliphatic heterocycles. The summed E-state index contributed by atoms with van der Waals surface area (Å²) in [6, 6.07) is 4.52. The minimum absolute atomic E-state index is 0.0609. The van der Waals surface area contributed by atoms with Gasteiger partial charge in [0.2, 0.25) is 5.91 Å². The van der Waals surface area contributed by atoms with Crippen LogP contribution in [0.1, 0.15) is 22.8 Å². The number of carboxylic acid groups (broad SMARTS) is 1. The first-order chi connectivity index (χ1) is 7.91. The van der Waals surface area contributed by atoms with Crippen molar-refractivity contribution in [3.63, 3.8) is 0 Å². The third-order valence-corrected chi connectivity index (χ3v) is 2.53. The molecule has 0 radical (unpaired) electrons. The smallest absolute Gasteiger partial charge is 0.332 e. The van der Waals surface area contributed by atoms with Gasteiger partial charge in [-0.1, -0.05) is 17.7 Å². The maximum absolute atomic E-state index is 10.9. The van der Waals surface area contributed by atoms with E-state index in [4.69, 9.17) is 27.2 Å². The normalized spacial score (nSPS) is 12.1. The molecule has 3 N–H and O–H groups in total. The second kappa shape index (κ2) is 5.65. The number of primary amides is 1. The lowest BCUT2D eigenvalue weighted by molar-refractivity contribution is -0.149. The quantitative estimate of drug-likeness (QED) is 0.835. The number of hydrogen-bond acceptors (Lipinski definition) is 3. The Bertz CT molecular complexity index is 447. The molecule has 0 heterocycles. The van der Waals surface area contributed by atoms with Crippen LogP contribution in [0.25, 0.3) is 0 Å². The molecular weight excluding hydrogens is 246 g/mol. The number of nitrogens with two attached hydrogens (primary N) is 1. The summed E-state index contributed by atoms with van der Waals surface area (Å²) < 4.78 is 5.07. The van der Waals surface area contributed by atoms with E-state index >= 15 is 0 Å². The van der Waals surface area contributed by atoms with Gasteiger partial charge in [0.15, 0.2) is 6.10 Å². The first-order valence-corrected chi connectivity index (χ1v) is 5.22. The van der Waals surface area contributed by atoms with Crippen molar-refractivity contribution in [2.75, 3.05) is 0 Å². The van der Waals surface area contributed by atoms with E-state index in [-0.39, 0.29) is 6.61 Å². The van der Waals surface area contributed by atoms with Crippen LogP contribution in [0.15, 0.2) is 18.2 Å². The molecule has 0 saturated carbocycles. The summed E-state index contributed by atoms with van der Waals surface area (Å²) in [5.74, 6) is -1.62. The Morgan fingerprint density at radius 3 is 2.65 bits per heavy atom. The van der Waals surface area contributed by atoms with Gasteiger partial charge in [-0.2, -0.15) is 0 Å². The summed E-state index contributed by atoms with van der Waals surface area (Å²) in [4.78, 5) is 21.4. The van der Waals surface area contributed by atoms with Gasteiger partial charge in [0.05, 0.1) is 6.61 Å². The minimum atomic E-state index is -1.05. The first-order valence-electron chi connectivity index (χ1n) is 4.84. The molecule has 0 bridgehead atoms. The van der Waals surface area contributed by atoms with Crippen molar-refractivity contribution >= 4 is 23.5 Å². The Morgan fingerprint density at radius 1 is 1.53 bits per heavy atom. The first kappa shape index (κ1) is 13.5. The average Bonchev–Trinajstić information content (AvgIpc) is 2.26. The molecule has 5 nitrogen and oxygen atoms in total. The zero-order valence-electron chi connectivity index (χ0n) is 9.14. The highest BCUT2D eigenvalue weighted by Gasteiger charge is 2.12. The van der Waals surface area contributed by atoms with Crippen LogP contribution in [0, 0.1) is 0 Å². The van der Waals surface area contributed by atoms with Gasteiger partial charge in [-0.15, -0.1) is 0 Å². The fourth-order valence-electron chi connectivity index (χ4n) is 1.10. The summed E-state index contributed by atoms with van der Waals surface area (Å²) in [6.45, 7) is 1.49. The lowest BCUT2D eigenvalue weighted by Gasteiger charge is -2.10. The molecule has 0 unspecified atom stereocenters.